The summed E-state index contributed by atoms with van der Waals surface area (Å²) in [6.45, 7) is -0.0317. The largest absolute Gasteiger partial charge is 0.396 e. The first-order chi connectivity index (χ1) is 10.1. The van der Waals surface area contributed by atoms with Crippen LogP contribution in [0.3, 0.4) is 0 Å². The average Bonchev–Trinajstić information content (AvgIpc) is 2.90. The number of hydrogen-bond acceptors (Lipinski definition) is 5. The smallest absolute Gasteiger partial charge is 0.307 e. The number of carbonyl (C=O) groups excluding carboxylic acids is 1. The zero-order chi connectivity index (χ0) is 15.2. The van der Waals surface area contributed by atoms with Crippen molar-refractivity contribution in [1.29, 1.82) is 0 Å². The number of amides is 1. The minimum Gasteiger partial charge on any atom is -0.396 e. The lowest BCUT2D eigenvalue weighted by atomic mass is 10.1. The van der Waals surface area contributed by atoms with Gasteiger partial charge < -0.3 is 10.4 Å². The van der Waals surface area contributed by atoms with Crippen LogP contribution in [0.1, 0.15) is 5.56 Å². The van der Waals surface area contributed by atoms with Crippen LogP contribution in [0.5, 0.6) is 0 Å². The Labute approximate surface area is 120 Å². The number of benzene rings is 1. The van der Waals surface area contributed by atoms with Crippen molar-refractivity contribution < 1.29 is 14.8 Å². The maximum atomic E-state index is 11.8. The van der Waals surface area contributed by atoms with Crippen LogP contribution in [0.2, 0.25) is 0 Å². The fourth-order valence-corrected chi connectivity index (χ4v) is 1.76. The van der Waals surface area contributed by atoms with Gasteiger partial charge in [0, 0.05) is 12.3 Å². The van der Waals surface area contributed by atoms with Crippen molar-refractivity contribution in [2.24, 2.45) is 0 Å². The lowest BCUT2D eigenvalue weighted by Crippen LogP contribution is -2.18. The summed E-state index contributed by atoms with van der Waals surface area (Å²) in [6, 6.07) is 7.08. The van der Waals surface area contributed by atoms with Crippen molar-refractivity contribution in [2.75, 3.05) is 11.9 Å². The zero-order valence-electron chi connectivity index (χ0n) is 11.1. The van der Waals surface area contributed by atoms with E-state index in [9.17, 15) is 14.9 Å². The van der Waals surface area contributed by atoms with Crippen LogP contribution >= 0.6 is 0 Å². The van der Waals surface area contributed by atoms with Crippen LogP contribution in [-0.4, -0.2) is 32.3 Å². The molecule has 1 heterocycles. The highest BCUT2D eigenvalue weighted by Crippen LogP contribution is 2.11. The van der Waals surface area contributed by atoms with Crippen molar-refractivity contribution in [1.82, 2.24) is 9.78 Å². The van der Waals surface area contributed by atoms with Crippen LogP contribution in [0, 0.1) is 10.1 Å². The van der Waals surface area contributed by atoms with Gasteiger partial charge >= 0.3 is 5.69 Å². The molecule has 0 aliphatic heterocycles. The van der Waals surface area contributed by atoms with Gasteiger partial charge in [-0.2, -0.15) is 5.10 Å². The second-order valence-corrected chi connectivity index (χ2v) is 4.37. The molecule has 0 unspecified atom stereocenters. The molecule has 2 aromatic rings. The van der Waals surface area contributed by atoms with Gasteiger partial charge in [-0.05, 0) is 24.1 Å². The van der Waals surface area contributed by atoms with E-state index < -0.39 is 4.92 Å². The van der Waals surface area contributed by atoms with E-state index in [2.05, 4.69) is 10.4 Å². The van der Waals surface area contributed by atoms with Crippen LogP contribution in [0.15, 0.2) is 36.7 Å². The second-order valence-electron chi connectivity index (χ2n) is 4.37. The van der Waals surface area contributed by atoms with Gasteiger partial charge in [-0.25, -0.2) is 0 Å². The Morgan fingerprint density at radius 1 is 1.38 bits per heavy atom. The summed E-state index contributed by atoms with van der Waals surface area (Å²) in [5.41, 5.74) is 1.43. The quantitative estimate of drug-likeness (QED) is 0.608. The molecular weight excluding hydrogens is 276 g/mol. The van der Waals surface area contributed by atoms with Crippen molar-refractivity contribution in [3.8, 4) is 0 Å². The van der Waals surface area contributed by atoms with Gasteiger partial charge in [0.25, 0.3) is 0 Å². The van der Waals surface area contributed by atoms with E-state index in [1.165, 1.54) is 10.9 Å². The molecule has 0 spiro atoms. The summed E-state index contributed by atoms with van der Waals surface area (Å²) >= 11 is 0. The Bertz CT molecular complexity index is 636. The molecule has 1 aromatic carbocycles. The van der Waals surface area contributed by atoms with E-state index in [-0.39, 0.29) is 24.7 Å². The summed E-state index contributed by atoms with van der Waals surface area (Å²) in [7, 11) is 0. The number of rotatable bonds is 6. The molecule has 2 N–H and O–H groups in total. The zero-order valence-corrected chi connectivity index (χ0v) is 11.1. The Morgan fingerprint density at radius 3 is 2.67 bits per heavy atom. The number of nitrogens with one attached hydrogen (secondary N) is 1. The monoisotopic (exact) mass is 290 g/mol. The maximum absolute atomic E-state index is 11.8. The molecular formula is C13H14N4O4. The standard InChI is InChI=1S/C13H14N4O4/c18-6-5-10-1-3-11(4-2-10)15-13(19)9-16-8-12(7-14-16)17(20)21/h1-4,7-8,18H,5-6,9H2,(H,15,19). The highest BCUT2D eigenvalue weighted by molar-refractivity contribution is 5.90. The third kappa shape index (κ3) is 4.11. The van der Waals surface area contributed by atoms with Crippen molar-refractivity contribution in [3.05, 3.63) is 52.3 Å². The Kier molecular flexibility index (Phi) is 4.62. The third-order valence-electron chi connectivity index (χ3n) is 2.77. The lowest BCUT2D eigenvalue weighted by Gasteiger charge is -2.06. The molecule has 0 radical (unpaired) electrons. The summed E-state index contributed by atoms with van der Waals surface area (Å²) in [4.78, 5) is 21.7. The van der Waals surface area contributed by atoms with E-state index in [1.54, 1.807) is 12.1 Å². The normalized spacial score (nSPS) is 10.3. The second kappa shape index (κ2) is 6.62. The molecule has 21 heavy (non-hydrogen) atoms. The lowest BCUT2D eigenvalue weighted by molar-refractivity contribution is -0.385. The molecule has 8 nitrogen and oxygen atoms in total. The third-order valence-corrected chi connectivity index (χ3v) is 2.77. The number of nitrogens with zero attached hydrogens (tertiary/aromatic N) is 3. The fourth-order valence-electron chi connectivity index (χ4n) is 1.76. The molecule has 0 aliphatic carbocycles. The number of aliphatic hydroxyl groups excluding tert-OH is 1. The molecule has 0 saturated carbocycles. The fraction of sp³-hybridized carbons (Fsp3) is 0.231. The van der Waals surface area contributed by atoms with Crippen LogP contribution < -0.4 is 5.32 Å². The minimum atomic E-state index is -0.568. The molecule has 0 aliphatic rings. The SMILES string of the molecule is O=C(Cn1cc([N+](=O)[O-])cn1)Nc1ccc(CCO)cc1. The molecule has 8 heteroatoms. The van der Waals surface area contributed by atoms with Gasteiger partial charge in [-0.1, -0.05) is 12.1 Å². The molecule has 2 rings (SSSR count). The van der Waals surface area contributed by atoms with Crippen LogP contribution in [-0.2, 0) is 17.8 Å². The van der Waals surface area contributed by atoms with Gasteiger partial charge in [-0.3, -0.25) is 19.6 Å². The molecule has 110 valence electrons. The van der Waals surface area contributed by atoms with E-state index >= 15 is 0 Å². The summed E-state index contributed by atoms with van der Waals surface area (Å²) in [5, 5.41) is 25.7. The van der Waals surface area contributed by atoms with Gasteiger partial charge in [-0.15, -0.1) is 0 Å². The Hall–Kier alpha value is -2.74. The summed E-state index contributed by atoms with van der Waals surface area (Å²) < 4.78 is 1.20. The Morgan fingerprint density at radius 2 is 2.10 bits per heavy atom. The molecule has 1 amide bonds. The first-order valence-electron chi connectivity index (χ1n) is 6.25. The highest BCUT2D eigenvalue weighted by Gasteiger charge is 2.11. The molecule has 0 saturated heterocycles. The first kappa shape index (κ1) is 14.7. The van der Waals surface area contributed by atoms with Gasteiger partial charge in [0.05, 0.1) is 4.92 Å². The number of anilines is 1. The summed E-state index contributed by atoms with van der Waals surface area (Å²) in [5.74, 6) is -0.331. The summed E-state index contributed by atoms with van der Waals surface area (Å²) in [6.07, 6.45) is 2.85. The predicted molar refractivity (Wildman–Crippen MR) is 74.7 cm³/mol. The first-order valence-corrected chi connectivity index (χ1v) is 6.25. The Balaban J connectivity index is 1.92. The molecule has 0 atom stereocenters. The number of hydrogen-bond donors (Lipinski definition) is 2. The molecule has 0 fully saturated rings. The van der Waals surface area contributed by atoms with Crippen molar-refractivity contribution >= 4 is 17.3 Å². The minimum absolute atomic E-state index is 0.0732. The van der Waals surface area contributed by atoms with Gasteiger partial charge in [0.15, 0.2) is 0 Å². The van der Waals surface area contributed by atoms with E-state index in [4.69, 9.17) is 5.11 Å². The number of aromatic nitrogens is 2. The highest BCUT2D eigenvalue weighted by atomic mass is 16.6. The van der Waals surface area contributed by atoms with Crippen LogP contribution in [0.25, 0.3) is 0 Å². The van der Waals surface area contributed by atoms with Crippen molar-refractivity contribution in [2.45, 2.75) is 13.0 Å². The number of nitro groups is 1. The molecule has 1 aromatic heterocycles. The van der Waals surface area contributed by atoms with Gasteiger partial charge in [0.1, 0.15) is 18.9 Å². The number of aliphatic hydroxyl groups is 1. The average molecular weight is 290 g/mol. The van der Waals surface area contributed by atoms with E-state index in [0.717, 1.165) is 11.8 Å². The molecule has 0 bridgehead atoms. The maximum Gasteiger partial charge on any atom is 0.307 e. The van der Waals surface area contributed by atoms with E-state index in [0.29, 0.717) is 12.1 Å². The van der Waals surface area contributed by atoms with Crippen LogP contribution in [0.4, 0.5) is 11.4 Å². The number of carbonyl (C=O) groups is 1. The van der Waals surface area contributed by atoms with Gasteiger partial charge in [0.2, 0.25) is 5.91 Å². The van der Waals surface area contributed by atoms with E-state index in [1.807, 2.05) is 12.1 Å². The van der Waals surface area contributed by atoms with Crippen molar-refractivity contribution in [3.63, 3.8) is 0 Å². The topological polar surface area (TPSA) is 110 Å². The predicted octanol–water partition coefficient (Wildman–Crippen LogP) is 0.965.